The monoisotopic (exact) mass is 1480 g/mol. The minimum atomic E-state index is -4.99. The molecule has 0 rings (SSSR count). The topological polar surface area (TPSA) is 237 Å². The van der Waals surface area contributed by atoms with Gasteiger partial charge in [-0.25, -0.2) is 9.13 Å². The Morgan fingerprint density at radius 3 is 0.843 bits per heavy atom. The number of carbonyl (C=O) groups is 4. The molecule has 0 saturated carbocycles. The normalized spacial score (nSPS) is 14.4. The number of phosphoric acid groups is 2. The zero-order valence-electron chi connectivity index (χ0n) is 64.5. The summed E-state index contributed by atoms with van der Waals surface area (Å²) in [4.78, 5) is 73.0. The van der Waals surface area contributed by atoms with Crippen molar-refractivity contribution in [3.8, 4) is 0 Å². The average molecular weight is 1480 g/mol. The Labute approximate surface area is 620 Å². The molecular formula is C83H146O17P2. The maximum atomic E-state index is 13.1. The summed E-state index contributed by atoms with van der Waals surface area (Å²) < 4.78 is 68.6. The number of aliphatic hydroxyl groups excluding tert-OH is 1. The third-order valence-corrected chi connectivity index (χ3v) is 18.9. The molecule has 102 heavy (non-hydrogen) atoms. The molecule has 19 heteroatoms. The summed E-state index contributed by atoms with van der Waals surface area (Å²) in [7, 11) is -9.96. The molecule has 5 unspecified atom stereocenters. The van der Waals surface area contributed by atoms with Crippen molar-refractivity contribution >= 4 is 39.5 Å². The molecule has 0 radical (unpaired) electrons. The molecule has 0 aliphatic heterocycles. The summed E-state index contributed by atoms with van der Waals surface area (Å²) in [5, 5.41) is 10.6. The lowest BCUT2D eigenvalue weighted by molar-refractivity contribution is -0.161. The van der Waals surface area contributed by atoms with Crippen molar-refractivity contribution in [2.45, 2.75) is 367 Å². The van der Waals surface area contributed by atoms with E-state index in [4.69, 9.17) is 37.0 Å². The van der Waals surface area contributed by atoms with E-state index in [-0.39, 0.29) is 25.7 Å². The number of allylic oxidation sites excluding steroid dienone is 16. The van der Waals surface area contributed by atoms with Crippen LogP contribution in [0.25, 0.3) is 0 Å². The molecule has 0 fully saturated rings. The summed E-state index contributed by atoms with van der Waals surface area (Å²) in [6.45, 7) is 4.69. The summed E-state index contributed by atoms with van der Waals surface area (Å²) >= 11 is 0. The molecule has 0 amide bonds. The van der Waals surface area contributed by atoms with Crippen molar-refractivity contribution in [3.63, 3.8) is 0 Å². The summed E-state index contributed by atoms with van der Waals surface area (Å²) in [5.74, 6) is -2.21. The highest BCUT2D eigenvalue weighted by Crippen LogP contribution is 2.45. The first-order chi connectivity index (χ1) is 49.7. The summed E-state index contributed by atoms with van der Waals surface area (Å²) in [6, 6.07) is 0. The lowest BCUT2D eigenvalue weighted by Crippen LogP contribution is -2.30. The first kappa shape index (κ1) is 98.0. The maximum absolute atomic E-state index is 13.1. The van der Waals surface area contributed by atoms with Gasteiger partial charge in [0.2, 0.25) is 0 Å². The molecular weight excluding hydrogens is 1330 g/mol. The van der Waals surface area contributed by atoms with Crippen molar-refractivity contribution in [3.05, 3.63) is 97.2 Å². The number of hydrogen-bond acceptors (Lipinski definition) is 15. The van der Waals surface area contributed by atoms with Gasteiger partial charge in [-0.2, -0.15) is 0 Å². The number of ether oxygens (including phenoxy) is 4. The molecule has 0 aromatic heterocycles. The zero-order chi connectivity index (χ0) is 74.6. The van der Waals surface area contributed by atoms with Crippen molar-refractivity contribution in [2.75, 3.05) is 39.6 Å². The van der Waals surface area contributed by atoms with E-state index in [1.165, 1.54) is 103 Å². The lowest BCUT2D eigenvalue weighted by Gasteiger charge is -2.21. The highest BCUT2D eigenvalue weighted by atomic mass is 31.2. The van der Waals surface area contributed by atoms with E-state index in [9.17, 15) is 43.2 Å². The van der Waals surface area contributed by atoms with Gasteiger partial charge in [-0.3, -0.25) is 37.3 Å². The van der Waals surface area contributed by atoms with Crippen LogP contribution >= 0.6 is 15.6 Å². The van der Waals surface area contributed by atoms with Gasteiger partial charge in [0.15, 0.2) is 12.2 Å². The molecule has 0 spiro atoms. The molecule has 0 aromatic rings. The predicted molar refractivity (Wildman–Crippen MR) is 418 cm³/mol. The molecule has 17 nitrogen and oxygen atoms in total. The zero-order valence-corrected chi connectivity index (χ0v) is 66.3. The van der Waals surface area contributed by atoms with Crippen LogP contribution in [-0.2, 0) is 65.4 Å². The Morgan fingerprint density at radius 2 is 0.520 bits per heavy atom. The second-order valence-corrected chi connectivity index (χ2v) is 29.9. The van der Waals surface area contributed by atoms with Gasteiger partial charge in [0.05, 0.1) is 26.4 Å². The van der Waals surface area contributed by atoms with E-state index >= 15 is 0 Å². The van der Waals surface area contributed by atoms with Crippen LogP contribution in [0.2, 0.25) is 0 Å². The van der Waals surface area contributed by atoms with Gasteiger partial charge in [-0.15, -0.1) is 0 Å². The van der Waals surface area contributed by atoms with Crippen LogP contribution in [0.3, 0.4) is 0 Å². The van der Waals surface area contributed by atoms with Crippen molar-refractivity contribution in [2.24, 2.45) is 0 Å². The van der Waals surface area contributed by atoms with Crippen molar-refractivity contribution in [1.29, 1.82) is 0 Å². The minimum absolute atomic E-state index is 0.0637. The molecule has 3 N–H and O–H groups in total. The fourth-order valence-corrected chi connectivity index (χ4v) is 12.4. The Hall–Kier alpha value is -4.02. The lowest BCUT2D eigenvalue weighted by atomic mass is 10.0. The molecule has 590 valence electrons. The van der Waals surface area contributed by atoms with Crippen molar-refractivity contribution < 1.29 is 80.2 Å². The van der Waals surface area contributed by atoms with Gasteiger partial charge < -0.3 is 33.8 Å². The van der Waals surface area contributed by atoms with Gasteiger partial charge in [0.1, 0.15) is 19.3 Å². The number of phosphoric ester groups is 2. The first-order valence-electron chi connectivity index (χ1n) is 40.5. The average Bonchev–Trinajstić information content (AvgIpc) is 0.927. The number of esters is 4. The third-order valence-electron chi connectivity index (χ3n) is 17.0. The van der Waals surface area contributed by atoms with E-state index in [0.29, 0.717) is 25.7 Å². The highest BCUT2D eigenvalue weighted by molar-refractivity contribution is 7.47. The maximum Gasteiger partial charge on any atom is 0.472 e. The van der Waals surface area contributed by atoms with Gasteiger partial charge >= 0.3 is 39.5 Å². The molecule has 5 atom stereocenters. The van der Waals surface area contributed by atoms with Crippen LogP contribution < -0.4 is 0 Å². The van der Waals surface area contributed by atoms with Gasteiger partial charge in [-0.1, -0.05) is 298 Å². The predicted octanol–water partition coefficient (Wildman–Crippen LogP) is 23.6. The number of hydrogen-bond donors (Lipinski definition) is 3. The second-order valence-electron chi connectivity index (χ2n) is 27.0. The van der Waals surface area contributed by atoms with Crippen LogP contribution in [-0.4, -0.2) is 96.7 Å². The Balaban J connectivity index is 5.35. The smallest absolute Gasteiger partial charge is 0.462 e. The minimum Gasteiger partial charge on any atom is -0.462 e. The standard InChI is InChI=1S/C83H146O17P2/c1-5-9-13-17-21-25-29-32-35-37-38-40-42-45-49-52-56-60-64-68-81(86)94-74-79(100-83(88)70-66-62-58-54-50-46-43-39-36-33-30-26-22-18-14-10-6-2)76-98-102(91,92)96-72-77(84)71-95-101(89,90)97-75-78(99-82(87)69-65-61-57-53-47-28-24-20-16-12-8-4)73-93-80(85)67-63-59-55-51-48-44-41-34-31-27-23-19-15-11-7-3/h10,14,20-22,24-26,32-33,35-36,38,40,43,46,77-79,84H,5-9,11-13,15-19,23,27-31,34,37,39,41-42,44-45,47-76H2,1-4H3,(H,89,90)(H,91,92)/b14-10-,24-20-,25-21-,26-22-,35-32-,36-33-,40-38-,46-43-. The Morgan fingerprint density at radius 1 is 0.284 bits per heavy atom. The van der Waals surface area contributed by atoms with Crippen LogP contribution in [0, 0.1) is 0 Å². The molecule has 0 aliphatic rings. The van der Waals surface area contributed by atoms with E-state index < -0.39 is 97.5 Å². The fraction of sp³-hybridized carbons (Fsp3) is 0.759. The van der Waals surface area contributed by atoms with E-state index in [0.717, 1.165) is 167 Å². The first-order valence-corrected chi connectivity index (χ1v) is 43.5. The van der Waals surface area contributed by atoms with E-state index in [2.05, 4.69) is 125 Å². The van der Waals surface area contributed by atoms with Gasteiger partial charge in [0, 0.05) is 25.7 Å². The molecule has 0 bridgehead atoms. The quantitative estimate of drug-likeness (QED) is 0.0169. The Bertz CT molecular complexity index is 2310. The van der Waals surface area contributed by atoms with E-state index in [1.807, 2.05) is 0 Å². The van der Waals surface area contributed by atoms with Crippen LogP contribution in [0.15, 0.2) is 97.2 Å². The molecule has 0 aliphatic carbocycles. The highest BCUT2D eigenvalue weighted by Gasteiger charge is 2.30. The second kappa shape index (κ2) is 75.2. The third kappa shape index (κ3) is 74.3. The summed E-state index contributed by atoms with van der Waals surface area (Å²) in [6.07, 6.45) is 79.6. The van der Waals surface area contributed by atoms with Gasteiger partial charge in [0.25, 0.3) is 0 Å². The SMILES string of the molecule is CC/C=C\C/C=C\C/C=C\C/C=C\CCCCCCC(=O)OC(COC(=O)CCCCCCCC/C=C\C/C=C\C/C=C\CCCCC)COP(=O)(O)OCC(O)COP(=O)(O)OCC(COC(=O)CCCCCCCCCCCCCCCCC)OC(=O)CCCCCCC/C=C\CCCC. The van der Waals surface area contributed by atoms with Crippen LogP contribution in [0.1, 0.15) is 349 Å². The Kier molecular flexibility index (Phi) is 72.3. The summed E-state index contributed by atoms with van der Waals surface area (Å²) in [5.41, 5.74) is 0. The van der Waals surface area contributed by atoms with Gasteiger partial charge in [-0.05, 0) is 122 Å². The number of rotatable bonds is 76. The molecule has 0 aromatic carbocycles. The molecule has 0 saturated heterocycles. The van der Waals surface area contributed by atoms with Crippen LogP contribution in [0.5, 0.6) is 0 Å². The van der Waals surface area contributed by atoms with E-state index in [1.54, 1.807) is 0 Å². The largest absolute Gasteiger partial charge is 0.472 e. The number of unbranched alkanes of at least 4 members (excludes halogenated alkanes) is 34. The van der Waals surface area contributed by atoms with Crippen molar-refractivity contribution in [1.82, 2.24) is 0 Å². The number of carbonyl (C=O) groups excluding carboxylic acids is 4. The number of aliphatic hydroxyl groups is 1. The molecule has 0 heterocycles. The fourth-order valence-electron chi connectivity index (χ4n) is 10.8. The van der Waals surface area contributed by atoms with Crippen LogP contribution in [0.4, 0.5) is 0 Å².